The van der Waals surface area contributed by atoms with Crippen LogP contribution in [0.25, 0.3) is 0 Å². The maximum Gasteiger partial charge on any atom is 0.254 e. The van der Waals surface area contributed by atoms with Crippen molar-refractivity contribution in [2.75, 3.05) is 6.54 Å². The normalized spacial score (nSPS) is 14.3. The summed E-state index contributed by atoms with van der Waals surface area (Å²) in [5, 5.41) is 0. The molecule has 0 aromatic heterocycles. The Balaban J connectivity index is 1.85. The molecule has 4 heteroatoms. The summed E-state index contributed by atoms with van der Waals surface area (Å²) in [6.07, 6.45) is 0.854. The van der Waals surface area contributed by atoms with Crippen molar-refractivity contribution >= 4 is 28.5 Å². The lowest BCUT2D eigenvalue weighted by atomic mass is 9.99. The predicted octanol–water partition coefficient (Wildman–Crippen LogP) is 3.63. The van der Waals surface area contributed by atoms with Crippen LogP contribution < -0.4 is 0 Å². The number of hydrogen-bond donors (Lipinski definition) is 0. The van der Waals surface area contributed by atoms with E-state index in [0.717, 1.165) is 26.7 Å². The zero-order valence-electron chi connectivity index (χ0n) is 10.8. The Kier molecular flexibility index (Phi) is 3.74. The first kappa shape index (κ1) is 13.5. The zero-order valence-corrected chi connectivity index (χ0v) is 12.9. The SMILES string of the molecule is O=C1c2cc(I)ccc2CCN1Cc1cccc(F)c1. The van der Waals surface area contributed by atoms with Crippen LogP contribution in [0.4, 0.5) is 4.39 Å². The minimum Gasteiger partial charge on any atom is -0.334 e. The van der Waals surface area contributed by atoms with Crippen LogP contribution in [0.2, 0.25) is 0 Å². The third-order valence-electron chi connectivity index (χ3n) is 3.50. The van der Waals surface area contributed by atoms with E-state index in [1.165, 1.54) is 12.1 Å². The lowest BCUT2D eigenvalue weighted by Gasteiger charge is -2.28. The predicted molar refractivity (Wildman–Crippen MR) is 84.0 cm³/mol. The van der Waals surface area contributed by atoms with Crippen molar-refractivity contribution in [3.05, 3.63) is 68.5 Å². The molecule has 3 rings (SSSR count). The van der Waals surface area contributed by atoms with Crippen LogP contribution in [0.1, 0.15) is 21.5 Å². The molecule has 1 heterocycles. The largest absolute Gasteiger partial charge is 0.334 e. The molecule has 2 aromatic rings. The van der Waals surface area contributed by atoms with Crippen LogP contribution in [-0.4, -0.2) is 17.4 Å². The number of rotatable bonds is 2. The minimum atomic E-state index is -0.262. The Labute approximate surface area is 130 Å². The van der Waals surface area contributed by atoms with Gasteiger partial charge >= 0.3 is 0 Å². The van der Waals surface area contributed by atoms with Crippen molar-refractivity contribution in [3.63, 3.8) is 0 Å². The Hall–Kier alpha value is -1.43. The highest BCUT2D eigenvalue weighted by Crippen LogP contribution is 2.22. The maximum atomic E-state index is 13.2. The molecular weight excluding hydrogens is 368 g/mol. The van der Waals surface area contributed by atoms with E-state index in [1.54, 1.807) is 11.0 Å². The van der Waals surface area contributed by atoms with Gasteiger partial charge in [-0.05, 0) is 64.4 Å². The van der Waals surface area contributed by atoms with Gasteiger partial charge in [0.25, 0.3) is 5.91 Å². The molecule has 1 amide bonds. The van der Waals surface area contributed by atoms with E-state index < -0.39 is 0 Å². The molecule has 1 aliphatic rings. The van der Waals surface area contributed by atoms with E-state index >= 15 is 0 Å². The fraction of sp³-hybridized carbons (Fsp3) is 0.188. The summed E-state index contributed by atoms with van der Waals surface area (Å²) in [7, 11) is 0. The van der Waals surface area contributed by atoms with Gasteiger partial charge in [0.2, 0.25) is 0 Å². The Morgan fingerprint density at radius 1 is 1.20 bits per heavy atom. The molecular formula is C16H13FINO. The lowest BCUT2D eigenvalue weighted by molar-refractivity contribution is 0.0726. The van der Waals surface area contributed by atoms with E-state index in [0.29, 0.717) is 13.1 Å². The third-order valence-corrected chi connectivity index (χ3v) is 4.17. The number of halogens is 2. The van der Waals surface area contributed by atoms with E-state index in [2.05, 4.69) is 22.6 Å². The van der Waals surface area contributed by atoms with Crippen LogP contribution in [0, 0.1) is 9.39 Å². The van der Waals surface area contributed by atoms with Crippen LogP contribution in [0.15, 0.2) is 42.5 Å². The van der Waals surface area contributed by atoms with Crippen LogP contribution in [0.3, 0.4) is 0 Å². The van der Waals surface area contributed by atoms with E-state index in [9.17, 15) is 9.18 Å². The molecule has 0 spiro atoms. The van der Waals surface area contributed by atoms with E-state index in [-0.39, 0.29) is 11.7 Å². The van der Waals surface area contributed by atoms with Crippen molar-refractivity contribution in [1.29, 1.82) is 0 Å². The smallest absolute Gasteiger partial charge is 0.254 e. The highest BCUT2D eigenvalue weighted by atomic mass is 127. The molecule has 0 saturated heterocycles. The lowest BCUT2D eigenvalue weighted by Crippen LogP contribution is -2.37. The molecule has 0 bridgehead atoms. The summed E-state index contributed by atoms with van der Waals surface area (Å²) in [4.78, 5) is 14.3. The van der Waals surface area contributed by atoms with Gasteiger partial charge in [0.1, 0.15) is 5.82 Å². The van der Waals surface area contributed by atoms with E-state index in [4.69, 9.17) is 0 Å². The van der Waals surface area contributed by atoms with Crippen molar-refractivity contribution in [3.8, 4) is 0 Å². The fourth-order valence-electron chi connectivity index (χ4n) is 2.50. The van der Waals surface area contributed by atoms with Crippen molar-refractivity contribution in [2.45, 2.75) is 13.0 Å². The summed E-state index contributed by atoms with van der Waals surface area (Å²) >= 11 is 2.21. The summed E-state index contributed by atoms with van der Waals surface area (Å²) < 4.78 is 14.3. The maximum absolute atomic E-state index is 13.2. The monoisotopic (exact) mass is 381 g/mol. The quantitative estimate of drug-likeness (QED) is 0.728. The van der Waals surface area contributed by atoms with Gasteiger partial charge in [-0.15, -0.1) is 0 Å². The first-order valence-corrected chi connectivity index (χ1v) is 7.53. The molecule has 2 aromatic carbocycles. The van der Waals surface area contributed by atoms with Gasteiger partial charge in [0.05, 0.1) is 0 Å². The molecule has 0 unspecified atom stereocenters. The molecule has 1 aliphatic heterocycles. The van der Waals surface area contributed by atoms with Gasteiger partial charge in [0, 0.05) is 22.2 Å². The van der Waals surface area contributed by atoms with Gasteiger partial charge in [-0.1, -0.05) is 18.2 Å². The number of benzene rings is 2. The Bertz CT molecular complexity index is 671. The molecule has 0 radical (unpaired) electrons. The number of fused-ring (bicyclic) bond motifs is 1. The highest BCUT2D eigenvalue weighted by Gasteiger charge is 2.24. The Morgan fingerprint density at radius 3 is 2.85 bits per heavy atom. The molecule has 0 saturated carbocycles. The second kappa shape index (κ2) is 5.52. The first-order chi connectivity index (χ1) is 9.63. The summed E-state index contributed by atoms with van der Waals surface area (Å²) in [5.41, 5.74) is 2.71. The second-order valence-corrected chi connectivity index (χ2v) is 6.15. The number of carbonyl (C=O) groups is 1. The summed E-state index contributed by atoms with van der Waals surface area (Å²) in [6.45, 7) is 1.14. The van der Waals surface area contributed by atoms with Crippen molar-refractivity contribution in [2.24, 2.45) is 0 Å². The number of carbonyl (C=O) groups excluding carboxylic acids is 1. The van der Waals surface area contributed by atoms with Crippen molar-refractivity contribution in [1.82, 2.24) is 4.90 Å². The Morgan fingerprint density at radius 2 is 2.05 bits per heavy atom. The average molecular weight is 381 g/mol. The van der Waals surface area contributed by atoms with Gasteiger partial charge in [0.15, 0.2) is 0 Å². The molecule has 2 nitrogen and oxygen atoms in total. The summed E-state index contributed by atoms with van der Waals surface area (Å²) in [6, 6.07) is 12.4. The number of hydrogen-bond acceptors (Lipinski definition) is 1. The molecule has 0 fully saturated rings. The van der Waals surface area contributed by atoms with Crippen LogP contribution >= 0.6 is 22.6 Å². The average Bonchev–Trinajstić information content (AvgIpc) is 2.43. The van der Waals surface area contributed by atoms with Crippen LogP contribution in [-0.2, 0) is 13.0 Å². The van der Waals surface area contributed by atoms with Gasteiger partial charge in [-0.25, -0.2) is 4.39 Å². The van der Waals surface area contributed by atoms with Crippen molar-refractivity contribution < 1.29 is 9.18 Å². The molecule has 0 atom stereocenters. The minimum absolute atomic E-state index is 0.0361. The van der Waals surface area contributed by atoms with Gasteiger partial charge < -0.3 is 4.90 Å². The zero-order chi connectivity index (χ0) is 14.1. The molecule has 20 heavy (non-hydrogen) atoms. The fourth-order valence-corrected chi connectivity index (χ4v) is 2.99. The third kappa shape index (κ3) is 2.70. The standard InChI is InChI=1S/C16H13FINO/c17-13-3-1-2-11(8-13)10-19-7-6-12-4-5-14(18)9-15(12)16(19)20/h1-5,8-9H,6-7,10H2. The molecule has 0 N–H and O–H groups in total. The van der Waals surface area contributed by atoms with Gasteiger partial charge in [-0.2, -0.15) is 0 Å². The molecule has 0 aliphatic carbocycles. The summed E-state index contributed by atoms with van der Waals surface area (Å²) in [5.74, 6) is -0.226. The van der Waals surface area contributed by atoms with E-state index in [1.807, 2.05) is 24.3 Å². The van der Waals surface area contributed by atoms with Gasteiger partial charge in [-0.3, -0.25) is 4.79 Å². The molecule has 102 valence electrons. The first-order valence-electron chi connectivity index (χ1n) is 6.45. The highest BCUT2D eigenvalue weighted by molar-refractivity contribution is 14.1. The number of amides is 1. The topological polar surface area (TPSA) is 20.3 Å². The number of nitrogens with zero attached hydrogens (tertiary/aromatic N) is 1. The van der Waals surface area contributed by atoms with Crippen LogP contribution in [0.5, 0.6) is 0 Å². The second-order valence-electron chi connectivity index (χ2n) is 4.91.